The van der Waals surface area contributed by atoms with Crippen LogP contribution in [0.3, 0.4) is 0 Å². The van der Waals surface area contributed by atoms with Crippen molar-refractivity contribution >= 4 is 6.08 Å². The van der Waals surface area contributed by atoms with Crippen LogP contribution >= 0.6 is 0 Å². The third-order valence-electron chi connectivity index (χ3n) is 4.04. The second-order valence-corrected chi connectivity index (χ2v) is 6.18. The first-order chi connectivity index (χ1) is 13.0. The van der Waals surface area contributed by atoms with Crippen LogP contribution < -0.4 is 14.2 Å². The van der Waals surface area contributed by atoms with Gasteiger partial charge in [-0.15, -0.1) is 0 Å². The SMILES string of the molecule is C=C(C)C(CC/C(C)=C/COc1c(OC)cc(/C=C/CO)cc1OC)OO. The van der Waals surface area contributed by atoms with Crippen LogP contribution in [0, 0.1) is 0 Å². The molecular formula is C21H30O6. The molecular weight excluding hydrogens is 348 g/mol. The molecule has 150 valence electrons. The summed E-state index contributed by atoms with van der Waals surface area (Å²) in [5.41, 5.74) is 2.73. The van der Waals surface area contributed by atoms with Gasteiger partial charge in [0.25, 0.3) is 0 Å². The van der Waals surface area contributed by atoms with E-state index >= 15 is 0 Å². The molecule has 0 bridgehead atoms. The van der Waals surface area contributed by atoms with Crippen LogP contribution in [0.15, 0.2) is 42.0 Å². The first-order valence-corrected chi connectivity index (χ1v) is 8.74. The van der Waals surface area contributed by atoms with Crippen molar-refractivity contribution in [1.82, 2.24) is 0 Å². The monoisotopic (exact) mass is 378 g/mol. The molecule has 1 aromatic carbocycles. The standard InChI is InChI=1S/C21H30O6/c1-15(2)18(27-23)9-8-16(3)10-12-26-21-19(24-4)13-17(7-6-11-22)14-20(21)25-5/h6-7,10,13-14,18,22-23H,1,8-9,11-12H2,2-5H3/b7-6+,16-10+. The van der Waals surface area contributed by atoms with Gasteiger partial charge in [0.2, 0.25) is 5.75 Å². The van der Waals surface area contributed by atoms with Gasteiger partial charge < -0.3 is 19.3 Å². The van der Waals surface area contributed by atoms with Crippen molar-refractivity contribution < 1.29 is 29.5 Å². The van der Waals surface area contributed by atoms with Crippen LogP contribution in [0.4, 0.5) is 0 Å². The lowest BCUT2D eigenvalue weighted by Crippen LogP contribution is -2.11. The first kappa shape index (κ1) is 22.8. The maximum absolute atomic E-state index is 8.92. The average molecular weight is 378 g/mol. The molecule has 6 nitrogen and oxygen atoms in total. The quantitative estimate of drug-likeness (QED) is 0.322. The highest BCUT2D eigenvalue weighted by Crippen LogP contribution is 2.39. The van der Waals surface area contributed by atoms with E-state index < -0.39 is 0 Å². The summed E-state index contributed by atoms with van der Waals surface area (Å²) < 4.78 is 16.7. The highest BCUT2D eigenvalue weighted by Gasteiger charge is 2.13. The number of ether oxygens (including phenoxy) is 3. The van der Waals surface area contributed by atoms with Crippen molar-refractivity contribution in [3.05, 3.63) is 47.6 Å². The molecule has 0 aliphatic carbocycles. The Morgan fingerprint density at radius 3 is 2.30 bits per heavy atom. The van der Waals surface area contributed by atoms with Gasteiger partial charge in [0.1, 0.15) is 12.7 Å². The Balaban J connectivity index is 2.80. The molecule has 1 aromatic rings. The first-order valence-electron chi connectivity index (χ1n) is 8.74. The van der Waals surface area contributed by atoms with E-state index in [2.05, 4.69) is 11.5 Å². The molecule has 0 fully saturated rings. The number of rotatable bonds is 12. The fraction of sp³-hybridized carbons (Fsp3) is 0.429. The highest BCUT2D eigenvalue weighted by molar-refractivity contribution is 5.62. The summed E-state index contributed by atoms with van der Waals surface area (Å²) in [7, 11) is 3.13. The molecule has 1 rings (SSSR count). The summed E-state index contributed by atoms with van der Waals surface area (Å²) in [5.74, 6) is 1.62. The van der Waals surface area contributed by atoms with Crippen LogP contribution in [0.1, 0.15) is 32.3 Å². The van der Waals surface area contributed by atoms with Crippen LogP contribution in [0.25, 0.3) is 6.08 Å². The average Bonchev–Trinajstić information content (AvgIpc) is 2.66. The molecule has 1 atom stereocenters. The molecule has 0 radical (unpaired) electrons. The number of hydrogen-bond acceptors (Lipinski definition) is 6. The topological polar surface area (TPSA) is 77.4 Å². The van der Waals surface area contributed by atoms with E-state index in [1.807, 2.05) is 32.1 Å². The van der Waals surface area contributed by atoms with Gasteiger partial charge in [0, 0.05) is 0 Å². The van der Waals surface area contributed by atoms with E-state index in [1.165, 1.54) is 0 Å². The molecule has 27 heavy (non-hydrogen) atoms. The maximum Gasteiger partial charge on any atom is 0.203 e. The molecule has 0 aliphatic heterocycles. The van der Waals surface area contributed by atoms with Crippen molar-refractivity contribution in [3.63, 3.8) is 0 Å². The van der Waals surface area contributed by atoms with E-state index in [4.69, 9.17) is 24.6 Å². The second kappa shape index (κ2) is 12.2. The Morgan fingerprint density at radius 2 is 1.81 bits per heavy atom. The second-order valence-electron chi connectivity index (χ2n) is 6.18. The van der Waals surface area contributed by atoms with Crippen molar-refractivity contribution in [2.45, 2.75) is 32.8 Å². The Bertz CT molecular complexity index is 638. The Hall–Kier alpha value is -2.28. The van der Waals surface area contributed by atoms with Crippen molar-refractivity contribution in [1.29, 1.82) is 0 Å². The van der Waals surface area contributed by atoms with Crippen LogP contribution in [-0.4, -0.2) is 43.9 Å². The summed E-state index contributed by atoms with van der Waals surface area (Å²) in [6, 6.07) is 3.63. The van der Waals surface area contributed by atoms with Gasteiger partial charge in [-0.25, -0.2) is 4.89 Å². The van der Waals surface area contributed by atoms with Crippen molar-refractivity contribution in [2.24, 2.45) is 0 Å². The number of aliphatic hydroxyl groups excluding tert-OH is 1. The minimum absolute atomic E-state index is 0.0412. The fourth-order valence-electron chi connectivity index (χ4n) is 2.44. The highest BCUT2D eigenvalue weighted by atomic mass is 17.1. The molecule has 0 spiro atoms. The third kappa shape index (κ3) is 7.46. The largest absolute Gasteiger partial charge is 0.493 e. The maximum atomic E-state index is 8.92. The van der Waals surface area contributed by atoms with E-state index in [1.54, 1.807) is 26.4 Å². The van der Waals surface area contributed by atoms with Crippen molar-refractivity contribution in [2.75, 3.05) is 27.4 Å². The van der Waals surface area contributed by atoms with Gasteiger partial charge in [-0.1, -0.05) is 24.3 Å². The number of hydrogen-bond donors (Lipinski definition) is 2. The predicted octanol–water partition coefficient (Wildman–Crippen LogP) is 4.25. The minimum atomic E-state index is -0.367. The predicted molar refractivity (Wildman–Crippen MR) is 106 cm³/mol. The Labute approximate surface area is 161 Å². The summed E-state index contributed by atoms with van der Waals surface area (Å²) in [5, 5.41) is 17.8. The zero-order valence-corrected chi connectivity index (χ0v) is 16.5. The van der Waals surface area contributed by atoms with Gasteiger partial charge in [-0.05, 0) is 56.0 Å². The molecule has 0 heterocycles. The molecule has 0 saturated heterocycles. The van der Waals surface area contributed by atoms with Crippen LogP contribution in [0.5, 0.6) is 17.2 Å². The summed E-state index contributed by atoms with van der Waals surface area (Å²) in [6.07, 6.45) is 6.41. The van der Waals surface area contributed by atoms with Gasteiger partial charge >= 0.3 is 0 Å². The number of aliphatic hydroxyl groups is 1. The molecule has 0 aromatic heterocycles. The third-order valence-corrected chi connectivity index (χ3v) is 4.04. The smallest absolute Gasteiger partial charge is 0.203 e. The van der Waals surface area contributed by atoms with Crippen LogP contribution in [-0.2, 0) is 4.89 Å². The normalized spacial score (nSPS) is 12.9. The lowest BCUT2D eigenvalue weighted by Gasteiger charge is -2.15. The number of benzene rings is 1. The van der Waals surface area contributed by atoms with E-state index in [-0.39, 0.29) is 12.7 Å². The van der Waals surface area contributed by atoms with E-state index in [0.29, 0.717) is 30.3 Å². The van der Waals surface area contributed by atoms with Gasteiger partial charge in [-0.3, -0.25) is 5.26 Å². The zero-order chi connectivity index (χ0) is 20.2. The fourth-order valence-corrected chi connectivity index (χ4v) is 2.44. The van der Waals surface area contributed by atoms with Gasteiger partial charge in [0.15, 0.2) is 11.5 Å². The summed E-state index contributed by atoms with van der Waals surface area (Å²) in [6.45, 7) is 7.92. The van der Waals surface area contributed by atoms with Gasteiger partial charge in [0.05, 0.1) is 20.8 Å². The number of methoxy groups -OCH3 is 2. The molecule has 0 aliphatic rings. The lowest BCUT2D eigenvalue weighted by atomic mass is 10.0. The molecule has 1 unspecified atom stereocenters. The lowest BCUT2D eigenvalue weighted by molar-refractivity contribution is -0.269. The Morgan fingerprint density at radius 1 is 1.19 bits per heavy atom. The zero-order valence-electron chi connectivity index (χ0n) is 16.5. The summed E-state index contributed by atoms with van der Waals surface area (Å²) in [4.78, 5) is 4.42. The molecule has 2 N–H and O–H groups in total. The van der Waals surface area contributed by atoms with E-state index in [9.17, 15) is 0 Å². The number of allylic oxidation sites excluding steroid dienone is 1. The molecule has 6 heteroatoms. The van der Waals surface area contributed by atoms with Gasteiger partial charge in [-0.2, -0.15) is 0 Å². The van der Waals surface area contributed by atoms with Crippen LogP contribution in [0.2, 0.25) is 0 Å². The molecule has 0 saturated carbocycles. The Kier molecular flexibility index (Phi) is 10.3. The van der Waals surface area contributed by atoms with E-state index in [0.717, 1.165) is 23.1 Å². The minimum Gasteiger partial charge on any atom is -0.493 e. The molecule has 0 amide bonds. The summed E-state index contributed by atoms with van der Waals surface area (Å²) >= 11 is 0. The van der Waals surface area contributed by atoms with Crippen molar-refractivity contribution in [3.8, 4) is 17.2 Å².